The Bertz CT molecular complexity index is 529. The topological polar surface area (TPSA) is 95.5 Å². The van der Waals surface area contributed by atoms with Gasteiger partial charge >= 0.3 is 17.8 Å². The van der Waals surface area contributed by atoms with Crippen LogP contribution >= 0.6 is 11.3 Å². The third kappa shape index (κ3) is 2.55. The number of carbonyl (C=O) groups is 3. The van der Waals surface area contributed by atoms with E-state index in [4.69, 9.17) is 0 Å². The fraction of sp³-hybridized carbons (Fsp3) is 0.500. The monoisotopic (exact) mass is 283 g/mol. The summed E-state index contributed by atoms with van der Waals surface area (Å²) in [5, 5.41) is 12.0. The number of nitrogens with zero attached hydrogens (tertiary/aromatic N) is 4. The molecule has 0 atom stereocenters. The predicted molar refractivity (Wildman–Crippen MR) is 67.4 cm³/mol. The van der Waals surface area contributed by atoms with E-state index in [1.165, 1.54) is 18.4 Å². The maximum absolute atomic E-state index is 11.7. The number of nitrogens with one attached hydrogen (secondary N) is 1. The van der Waals surface area contributed by atoms with Crippen LogP contribution in [0.5, 0.6) is 0 Å². The Balaban J connectivity index is 2.05. The van der Waals surface area contributed by atoms with Crippen LogP contribution in [0.4, 0.5) is 9.93 Å². The molecule has 1 aliphatic rings. The predicted octanol–water partition coefficient (Wildman–Crippen LogP) is 0.281. The molecular weight excluding hydrogens is 270 g/mol. The molecule has 0 bridgehead atoms. The van der Waals surface area contributed by atoms with Gasteiger partial charge in [-0.05, 0) is 6.42 Å². The first-order valence-corrected chi connectivity index (χ1v) is 6.56. The molecule has 2 rings (SSSR count). The summed E-state index contributed by atoms with van der Waals surface area (Å²) in [6.07, 6.45) is 0.956. The molecule has 1 aromatic heterocycles. The minimum Gasteiger partial charge on any atom is -0.360 e. The molecular formula is C10H13N5O3S. The summed E-state index contributed by atoms with van der Waals surface area (Å²) in [6.45, 7) is 2.77. The summed E-state index contributed by atoms with van der Waals surface area (Å²) < 4.78 is 0. The molecule has 4 amide bonds. The van der Waals surface area contributed by atoms with E-state index in [2.05, 4.69) is 15.5 Å². The maximum Gasteiger partial charge on any atom is 0.334 e. The Hall–Kier alpha value is -2.03. The largest absolute Gasteiger partial charge is 0.360 e. The molecule has 1 fully saturated rings. The van der Waals surface area contributed by atoms with Crippen molar-refractivity contribution in [3.63, 3.8) is 0 Å². The number of likely N-dealkylation sites (N-methyl/N-ethyl adjacent to an activating group) is 1. The van der Waals surface area contributed by atoms with Gasteiger partial charge in [0.05, 0.1) is 6.54 Å². The molecule has 102 valence electrons. The lowest BCUT2D eigenvalue weighted by atomic mass is 10.5. The Morgan fingerprint density at radius 2 is 1.95 bits per heavy atom. The van der Waals surface area contributed by atoms with Gasteiger partial charge < -0.3 is 5.32 Å². The Labute approximate surface area is 113 Å². The molecule has 0 unspecified atom stereocenters. The van der Waals surface area contributed by atoms with Crippen molar-refractivity contribution < 1.29 is 14.4 Å². The van der Waals surface area contributed by atoms with E-state index in [1.807, 2.05) is 6.92 Å². The third-order valence-electron chi connectivity index (χ3n) is 2.54. The van der Waals surface area contributed by atoms with E-state index in [9.17, 15) is 14.4 Å². The zero-order valence-electron chi connectivity index (χ0n) is 10.5. The average Bonchev–Trinajstić information content (AvgIpc) is 2.92. The van der Waals surface area contributed by atoms with Gasteiger partial charge in [-0.15, -0.1) is 10.2 Å². The molecule has 0 saturated carbocycles. The highest BCUT2D eigenvalue weighted by atomic mass is 32.1. The molecule has 1 aromatic rings. The summed E-state index contributed by atoms with van der Waals surface area (Å²) in [5.74, 6) is -1.65. The lowest BCUT2D eigenvalue weighted by Gasteiger charge is -2.09. The molecule has 8 nitrogen and oxygen atoms in total. The first kappa shape index (κ1) is 13.4. The smallest absolute Gasteiger partial charge is 0.334 e. The number of amides is 4. The van der Waals surface area contributed by atoms with Crippen molar-refractivity contribution in [2.24, 2.45) is 0 Å². The van der Waals surface area contributed by atoms with Gasteiger partial charge in [0.1, 0.15) is 5.01 Å². The quantitative estimate of drug-likeness (QED) is 0.616. The highest BCUT2D eigenvalue weighted by Gasteiger charge is 2.42. The number of carbonyl (C=O) groups excluding carboxylic acids is 3. The third-order valence-corrected chi connectivity index (χ3v) is 3.40. The number of aromatic nitrogens is 2. The Morgan fingerprint density at radius 3 is 2.53 bits per heavy atom. The number of imide groups is 2. The molecule has 0 aromatic carbocycles. The molecule has 1 saturated heterocycles. The van der Waals surface area contributed by atoms with Crippen LogP contribution in [0, 0.1) is 0 Å². The van der Waals surface area contributed by atoms with E-state index in [0.29, 0.717) is 10.1 Å². The van der Waals surface area contributed by atoms with E-state index in [-0.39, 0.29) is 6.54 Å². The highest BCUT2D eigenvalue weighted by Crippen LogP contribution is 2.19. The second-order valence-corrected chi connectivity index (χ2v) is 5.03. The summed E-state index contributed by atoms with van der Waals surface area (Å²) in [6, 6.07) is -0.631. The van der Waals surface area contributed by atoms with Crippen molar-refractivity contribution in [2.75, 3.05) is 18.9 Å². The summed E-state index contributed by atoms with van der Waals surface area (Å²) in [7, 11) is 1.27. The molecule has 19 heavy (non-hydrogen) atoms. The van der Waals surface area contributed by atoms with Crippen molar-refractivity contribution in [3.8, 4) is 0 Å². The molecule has 0 radical (unpaired) electrons. The minimum absolute atomic E-state index is 0.0286. The van der Waals surface area contributed by atoms with Crippen molar-refractivity contribution in [3.05, 3.63) is 5.01 Å². The minimum atomic E-state index is -0.828. The van der Waals surface area contributed by atoms with Gasteiger partial charge in [-0.25, -0.2) is 9.69 Å². The van der Waals surface area contributed by atoms with Crippen LogP contribution < -0.4 is 5.32 Å². The fourth-order valence-electron chi connectivity index (χ4n) is 1.51. The summed E-state index contributed by atoms with van der Waals surface area (Å²) >= 11 is 1.26. The molecule has 9 heteroatoms. The van der Waals surface area contributed by atoms with Crippen molar-refractivity contribution >= 4 is 34.3 Å². The lowest BCUT2D eigenvalue weighted by molar-refractivity contribution is -0.143. The highest BCUT2D eigenvalue weighted by molar-refractivity contribution is 7.15. The normalized spacial score (nSPS) is 15.6. The van der Waals surface area contributed by atoms with Crippen LogP contribution in [0.3, 0.4) is 0 Å². The maximum atomic E-state index is 11.7. The molecule has 1 N–H and O–H groups in total. The van der Waals surface area contributed by atoms with Gasteiger partial charge in [0.25, 0.3) is 0 Å². The van der Waals surface area contributed by atoms with E-state index in [1.54, 1.807) is 0 Å². The van der Waals surface area contributed by atoms with Crippen LogP contribution in [-0.2, 0) is 16.1 Å². The summed E-state index contributed by atoms with van der Waals surface area (Å²) in [4.78, 5) is 36.2. The second-order valence-electron chi connectivity index (χ2n) is 3.97. The number of hydrogen-bond donors (Lipinski definition) is 1. The van der Waals surface area contributed by atoms with Gasteiger partial charge in [0.15, 0.2) is 0 Å². The first-order valence-electron chi connectivity index (χ1n) is 5.74. The number of anilines is 1. The number of hydrogen-bond acceptors (Lipinski definition) is 7. The zero-order valence-corrected chi connectivity index (χ0v) is 11.4. The van der Waals surface area contributed by atoms with Gasteiger partial charge in [-0.3, -0.25) is 14.5 Å². The van der Waals surface area contributed by atoms with Crippen molar-refractivity contribution in [2.45, 2.75) is 19.9 Å². The first-order chi connectivity index (χ1) is 9.04. The van der Waals surface area contributed by atoms with Crippen LogP contribution in [0.15, 0.2) is 0 Å². The van der Waals surface area contributed by atoms with Crippen LogP contribution in [0.2, 0.25) is 0 Å². The molecule has 2 heterocycles. The zero-order chi connectivity index (χ0) is 14.0. The van der Waals surface area contributed by atoms with Crippen LogP contribution in [0.25, 0.3) is 0 Å². The van der Waals surface area contributed by atoms with Gasteiger partial charge in [-0.1, -0.05) is 18.3 Å². The Morgan fingerprint density at radius 1 is 1.21 bits per heavy atom. The lowest BCUT2D eigenvalue weighted by Crippen LogP contribution is -2.30. The van der Waals surface area contributed by atoms with Crippen molar-refractivity contribution in [1.29, 1.82) is 0 Å². The number of rotatable bonds is 5. The SMILES string of the molecule is CCCNc1nnc(CN2C(=O)C(=O)N(C)C2=O)s1. The van der Waals surface area contributed by atoms with Gasteiger partial charge in [-0.2, -0.15) is 0 Å². The van der Waals surface area contributed by atoms with E-state index < -0.39 is 17.8 Å². The molecule has 0 aliphatic carbocycles. The van der Waals surface area contributed by atoms with E-state index >= 15 is 0 Å². The molecule has 0 spiro atoms. The van der Waals surface area contributed by atoms with Crippen molar-refractivity contribution in [1.82, 2.24) is 20.0 Å². The van der Waals surface area contributed by atoms with E-state index in [0.717, 1.165) is 22.8 Å². The van der Waals surface area contributed by atoms with Gasteiger partial charge in [0, 0.05) is 13.6 Å². The second kappa shape index (κ2) is 5.31. The summed E-state index contributed by atoms with van der Waals surface area (Å²) in [5.41, 5.74) is 0. The van der Waals surface area contributed by atoms with Crippen LogP contribution in [-0.4, -0.2) is 51.4 Å². The number of urea groups is 1. The molecule has 1 aliphatic heterocycles. The fourth-order valence-corrected chi connectivity index (χ4v) is 2.26. The average molecular weight is 283 g/mol. The van der Waals surface area contributed by atoms with Crippen LogP contribution in [0.1, 0.15) is 18.4 Å². The Kier molecular flexibility index (Phi) is 3.74. The van der Waals surface area contributed by atoms with Gasteiger partial charge in [0.2, 0.25) is 5.13 Å². The standard InChI is InChI=1S/C10H13N5O3S/c1-3-4-11-9-13-12-6(19-9)5-15-8(17)7(16)14(2)10(15)18/h3-5H2,1-2H3,(H,11,13).